The predicted molar refractivity (Wildman–Crippen MR) is 119 cm³/mol. The van der Waals surface area contributed by atoms with Crippen LogP contribution in [0, 0.1) is 5.92 Å². The second kappa shape index (κ2) is 9.24. The smallest absolute Gasteiger partial charge is 0.273 e. The van der Waals surface area contributed by atoms with E-state index in [4.69, 9.17) is 4.52 Å². The van der Waals surface area contributed by atoms with Gasteiger partial charge in [0.25, 0.3) is 5.91 Å². The normalized spacial score (nSPS) is 16.6. The molecular weight excluding hydrogens is 450 g/mol. The van der Waals surface area contributed by atoms with Gasteiger partial charge in [-0.3, -0.25) is 9.69 Å². The molecule has 29 heavy (non-hydrogen) atoms. The number of nitrogens with zero attached hydrogens (tertiary/aromatic N) is 2. The van der Waals surface area contributed by atoms with Gasteiger partial charge in [-0.25, -0.2) is 0 Å². The highest BCUT2D eigenvalue weighted by Crippen LogP contribution is 2.29. The van der Waals surface area contributed by atoms with Crippen LogP contribution in [0.5, 0.6) is 0 Å². The number of carbonyl (C=O) groups excluding carboxylic acids is 1. The second-order valence-electron chi connectivity index (χ2n) is 7.54. The van der Waals surface area contributed by atoms with E-state index < -0.39 is 0 Å². The number of likely N-dealkylation sites (tertiary alicyclic amines) is 1. The molecule has 0 aliphatic carbocycles. The van der Waals surface area contributed by atoms with Gasteiger partial charge >= 0.3 is 0 Å². The van der Waals surface area contributed by atoms with Crippen LogP contribution < -0.4 is 5.32 Å². The van der Waals surface area contributed by atoms with Crippen LogP contribution in [-0.4, -0.2) is 35.6 Å². The zero-order valence-corrected chi connectivity index (χ0v) is 18.7. The van der Waals surface area contributed by atoms with Crippen molar-refractivity contribution >= 4 is 33.2 Å². The van der Waals surface area contributed by atoms with Crippen molar-refractivity contribution in [3.63, 3.8) is 0 Å². The lowest BCUT2D eigenvalue weighted by molar-refractivity contribution is 0.0906. The second-order valence-corrected chi connectivity index (χ2v) is 9.44. The first-order valence-corrected chi connectivity index (χ1v) is 11.6. The molecule has 1 fully saturated rings. The lowest BCUT2D eigenvalue weighted by Gasteiger charge is -2.36. The highest BCUT2D eigenvalue weighted by molar-refractivity contribution is 9.10. The summed E-state index contributed by atoms with van der Waals surface area (Å²) in [4.78, 5) is 16.5. The summed E-state index contributed by atoms with van der Waals surface area (Å²) < 4.78 is 6.38. The van der Waals surface area contributed by atoms with Gasteiger partial charge in [-0.15, -0.1) is 11.3 Å². The van der Waals surface area contributed by atoms with Gasteiger partial charge in [-0.2, -0.15) is 0 Å². The van der Waals surface area contributed by atoms with E-state index in [0.717, 1.165) is 29.0 Å². The Morgan fingerprint density at radius 1 is 1.31 bits per heavy atom. The number of thiophene rings is 1. The van der Waals surface area contributed by atoms with Crippen molar-refractivity contribution in [3.8, 4) is 11.3 Å². The van der Waals surface area contributed by atoms with Crippen molar-refractivity contribution < 1.29 is 9.32 Å². The minimum Gasteiger partial charge on any atom is -0.355 e. The first-order chi connectivity index (χ1) is 14.1. The molecule has 1 atom stereocenters. The molecule has 0 unspecified atom stereocenters. The molecule has 0 radical (unpaired) electrons. The zero-order chi connectivity index (χ0) is 20.2. The SMILES string of the molecule is CC1CCN([C@@H](CNC(=O)c2cc(-c3ccc(Br)cc3)on2)c2cccs2)CC1. The molecule has 1 amide bonds. The third kappa shape index (κ3) is 4.97. The largest absolute Gasteiger partial charge is 0.355 e. The Kier molecular flexibility index (Phi) is 6.47. The van der Waals surface area contributed by atoms with Gasteiger partial charge in [-0.1, -0.05) is 46.2 Å². The summed E-state index contributed by atoms with van der Waals surface area (Å²) in [6.07, 6.45) is 2.41. The van der Waals surface area contributed by atoms with Gasteiger partial charge in [0.05, 0.1) is 6.04 Å². The van der Waals surface area contributed by atoms with Gasteiger partial charge < -0.3 is 9.84 Å². The Labute approximate surface area is 183 Å². The topological polar surface area (TPSA) is 58.4 Å². The molecule has 3 aromatic rings. The predicted octanol–water partition coefficient (Wildman–Crippen LogP) is 5.37. The number of amides is 1. The number of aromatic nitrogens is 1. The van der Waals surface area contributed by atoms with Crippen molar-refractivity contribution in [2.75, 3.05) is 19.6 Å². The first-order valence-electron chi connectivity index (χ1n) is 9.88. The van der Waals surface area contributed by atoms with E-state index in [1.54, 1.807) is 17.4 Å². The number of hydrogen-bond acceptors (Lipinski definition) is 5. The van der Waals surface area contributed by atoms with E-state index in [1.165, 1.54) is 17.7 Å². The van der Waals surface area contributed by atoms with Crippen LogP contribution in [-0.2, 0) is 0 Å². The van der Waals surface area contributed by atoms with E-state index >= 15 is 0 Å². The molecule has 3 heterocycles. The van der Waals surface area contributed by atoms with Crippen LogP contribution in [0.1, 0.15) is 41.2 Å². The average molecular weight is 474 g/mol. The van der Waals surface area contributed by atoms with E-state index in [9.17, 15) is 4.79 Å². The molecule has 0 bridgehead atoms. The van der Waals surface area contributed by atoms with Gasteiger partial charge in [0.1, 0.15) is 0 Å². The average Bonchev–Trinajstić information content (AvgIpc) is 3.42. The molecule has 1 aliphatic heterocycles. The summed E-state index contributed by atoms with van der Waals surface area (Å²) in [7, 11) is 0. The lowest BCUT2D eigenvalue weighted by atomic mass is 9.97. The minimum absolute atomic E-state index is 0.198. The number of piperidine rings is 1. The summed E-state index contributed by atoms with van der Waals surface area (Å²) in [5.41, 5.74) is 1.19. The van der Waals surface area contributed by atoms with E-state index in [0.29, 0.717) is 18.0 Å². The molecule has 5 nitrogen and oxygen atoms in total. The fourth-order valence-corrected chi connectivity index (χ4v) is 4.77. The maximum atomic E-state index is 12.7. The fourth-order valence-electron chi connectivity index (χ4n) is 3.64. The highest BCUT2D eigenvalue weighted by Gasteiger charge is 2.26. The third-order valence-corrected chi connectivity index (χ3v) is 6.96. The quantitative estimate of drug-likeness (QED) is 0.522. The van der Waals surface area contributed by atoms with Crippen molar-refractivity contribution in [1.82, 2.24) is 15.4 Å². The molecule has 7 heteroatoms. The molecule has 1 aliphatic rings. The molecule has 1 saturated heterocycles. The summed E-state index contributed by atoms with van der Waals surface area (Å²) in [5, 5.41) is 9.13. The maximum absolute atomic E-state index is 12.7. The van der Waals surface area contributed by atoms with E-state index in [-0.39, 0.29) is 11.9 Å². The standard InChI is InChI=1S/C22H24BrN3O2S/c1-15-8-10-26(11-9-15)19(21-3-2-12-29-21)14-24-22(27)18-13-20(28-25-18)16-4-6-17(23)7-5-16/h2-7,12-13,15,19H,8-11,14H2,1H3,(H,24,27)/t19-/m0/s1. The molecule has 0 spiro atoms. The number of nitrogens with one attached hydrogen (secondary N) is 1. The zero-order valence-electron chi connectivity index (χ0n) is 16.3. The molecule has 1 N–H and O–H groups in total. The molecular formula is C22H24BrN3O2S. The van der Waals surface area contributed by atoms with Crippen LogP contribution in [0.3, 0.4) is 0 Å². The van der Waals surface area contributed by atoms with Gasteiger partial charge in [0.15, 0.2) is 11.5 Å². The lowest BCUT2D eigenvalue weighted by Crippen LogP contribution is -2.41. The number of hydrogen-bond donors (Lipinski definition) is 1. The third-order valence-electron chi connectivity index (χ3n) is 5.46. The summed E-state index contributed by atoms with van der Waals surface area (Å²) >= 11 is 5.16. The van der Waals surface area contributed by atoms with Crippen LogP contribution in [0.4, 0.5) is 0 Å². The summed E-state index contributed by atoms with van der Waals surface area (Å²) in [6, 6.07) is 13.8. The van der Waals surface area contributed by atoms with Crippen molar-refractivity contribution in [2.45, 2.75) is 25.8 Å². The number of halogens is 1. The van der Waals surface area contributed by atoms with Crippen molar-refractivity contribution in [2.24, 2.45) is 5.92 Å². The monoisotopic (exact) mass is 473 g/mol. The number of rotatable bonds is 6. The van der Waals surface area contributed by atoms with Crippen LogP contribution in [0.15, 0.2) is 56.8 Å². The van der Waals surface area contributed by atoms with Crippen molar-refractivity contribution in [3.05, 3.63) is 62.9 Å². The Morgan fingerprint density at radius 3 is 2.76 bits per heavy atom. The summed E-state index contributed by atoms with van der Waals surface area (Å²) in [5.74, 6) is 1.16. The Hall–Kier alpha value is -1.96. The van der Waals surface area contributed by atoms with Gasteiger partial charge in [-0.05, 0) is 55.4 Å². The molecule has 0 saturated carbocycles. The van der Waals surface area contributed by atoms with E-state index in [2.05, 4.69) is 55.7 Å². The summed E-state index contributed by atoms with van der Waals surface area (Å²) in [6.45, 7) is 5.01. The first kappa shape index (κ1) is 20.3. The Bertz CT molecular complexity index is 931. The maximum Gasteiger partial charge on any atom is 0.273 e. The fraction of sp³-hybridized carbons (Fsp3) is 0.364. The van der Waals surface area contributed by atoms with Crippen LogP contribution in [0.2, 0.25) is 0 Å². The molecule has 4 rings (SSSR count). The molecule has 2 aromatic heterocycles. The number of carbonyl (C=O) groups is 1. The molecule has 152 valence electrons. The highest BCUT2D eigenvalue weighted by atomic mass is 79.9. The van der Waals surface area contributed by atoms with Crippen molar-refractivity contribution in [1.29, 1.82) is 0 Å². The van der Waals surface area contributed by atoms with Crippen LogP contribution in [0.25, 0.3) is 11.3 Å². The van der Waals surface area contributed by atoms with Gasteiger partial charge in [0, 0.05) is 27.5 Å². The Balaban J connectivity index is 1.42. The van der Waals surface area contributed by atoms with Gasteiger partial charge in [0.2, 0.25) is 0 Å². The minimum atomic E-state index is -0.205. The molecule has 1 aromatic carbocycles. The van der Waals surface area contributed by atoms with E-state index in [1.807, 2.05) is 24.3 Å². The van der Waals surface area contributed by atoms with Crippen LogP contribution >= 0.6 is 27.3 Å². The number of benzene rings is 1. The Morgan fingerprint density at radius 2 is 2.07 bits per heavy atom.